The maximum Gasteiger partial charge on any atom is 0.261 e. The summed E-state index contributed by atoms with van der Waals surface area (Å²) in [5.41, 5.74) is 2.03. The van der Waals surface area contributed by atoms with E-state index in [0.717, 1.165) is 10.9 Å². The Morgan fingerprint density at radius 2 is 1.83 bits per heavy atom. The van der Waals surface area contributed by atoms with Crippen LogP contribution in [0.2, 0.25) is 0 Å². The van der Waals surface area contributed by atoms with Crippen LogP contribution in [0.3, 0.4) is 0 Å². The van der Waals surface area contributed by atoms with Crippen molar-refractivity contribution >= 4 is 16.7 Å². The SMILES string of the molecule is COC1(c2ccc3ccccc3n2)CC(=O)c2ccccc2O1. The third-order valence-electron chi connectivity index (χ3n) is 4.17. The van der Waals surface area contributed by atoms with E-state index in [4.69, 9.17) is 9.47 Å². The largest absolute Gasteiger partial charge is 0.455 e. The lowest BCUT2D eigenvalue weighted by Gasteiger charge is -2.35. The molecule has 23 heavy (non-hydrogen) atoms. The third kappa shape index (κ3) is 2.19. The van der Waals surface area contributed by atoms with Gasteiger partial charge in [-0.1, -0.05) is 36.4 Å². The highest BCUT2D eigenvalue weighted by atomic mass is 16.7. The van der Waals surface area contributed by atoms with Gasteiger partial charge in [-0.05, 0) is 24.3 Å². The van der Waals surface area contributed by atoms with Crippen LogP contribution in [0.1, 0.15) is 22.5 Å². The summed E-state index contributed by atoms with van der Waals surface area (Å²) < 4.78 is 11.7. The molecule has 0 aliphatic carbocycles. The van der Waals surface area contributed by atoms with Crippen LogP contribution in [0.25, 0.3) is 10.9 Å². The topological polar surface area (TPSA) is 48.4 Å². The summed E-state index contributed by atoms with van der Waals surface area (Å²) >= 11 is 0. The highest BCUT2D eigenvalue weighted by molar-refractivity contribution is 6.00. The van der Waals surface area contributed by atoms with E-state index in [-0.39, 0.29) is 12.2 Å². The summed E-state index contributed by atoms with van der Waals surface area (Å²) in [7, 11) is 1.54. The lowest BCUT2D eigenvalue weighted by Crippen LogP contribution is -2.41. The number of carbonyl (C=O) groups excluding carboxylic acids is 1. The first-order valence-corrected chi connectivity index (χ1v) is 7.44. The molecule has 0 saturated carbocycles. The van der Waals surface area contributed by atoms with E-state index in [2.05, 4.69) is 4.98 Å². The smallest absolute Gasteiger partial charge is 0.261 e. The van der Waals surface area contributed by atoms with Crippen molar-refractivity contribution in [3.63, 3.8) is 0 Å². The standard InChI is InChI=1S/C19H15NO3/c1-22-19(12-16(21)14-7-3-5-9-17(14)23-19)18-11-10-13-6-2-4-8-15(13)20-18/h2-11H,12H2,1H3. The summed E-state index contributed by atoms with van der Waals surface area (Å²) in [5, 5.41) is 1.03. The van der Waals surface area contributed by atoms with Gasteiger partial charge in [0, 0.05) is 12.5 Å². The number of nitrogens with zero attached hydrogens (tertiary/aromatic N) is 1. The van der Waals surface area contributed by atoms with Gasteiger partial charge >= 0.3 is 0 Å². The minimum Gasteiger partial charge on any atom is -0.455 e. The van der Waals surface area contributed by atoms with Crippen LogP contribution in [-0.2, 0) is 10.5 Å². The average molecular weight is 305 g/mol. The molecule has 0 spiro atoms. The molecule has 0 saturated heterocycles. The van der Waals surface area contributed by atoms with E-state index in [9.17, 15) is 4.79 Å². The molecular weight excluding hydrogens is 290 g/mol. The Labute approximate surface area is 133 Å². The highest BCUT2D eigenvalue weighted by Gasteiger charge is 2.43. The van der Waals surface area contributed by atoms with Crippen molar-refractivity contribution in [1.29, 1.82) is 0 Å². The van der Waals surface area contributed by atoms with Gasteiger partial charge in [0.2, 0.25) is 0 Å². The van der Waals surface area contributed by atoms with Crippen LogP contribution in [0.5, 0.6) is 5.75 Å². The molecular formula is C19H15NO3. The van der Waals surface area contributed by atoms with E-state index in [0.29, 0.717) is 17.0 Å². The molecule has 1 aromatic heterocycles. The number of ether oxygens (including phenoxy) is 2. The summed E-state index contributed by atoms with van der Waals surface area (Å²) in [6.07, 6.45) is 0.103. The van der Waals surface area contributed by atoms with Crippen LogP contribution < -0.4 is 4.74 Å². The van der Waals surface area contributed by atoms with Gasteiger partial charge in [0.15, 0.2) is 5.78 Å². The van der Waals surface area contributed by atoms with Gasteiger partial charge in [-0.2, -0.15) is 0 Å². The average Bonchev–Trinajstić information content (AvgIpc) is 2.61. The summed E-state index contributed by atoms with van der Waals surface area (Å²) in [4.78, 5) is 17.2. The quantitative estimate of drug-likeness (QED) is 0.724. The molecule has 3 aromatic rings. The number of pyridine rings is 1. The summed E-state index contributed by atoms with van der Waals surface area (Å²) in [5.74, 6) is -0.667. The van der Waals surface area contributed by atoms with Gasteiger partial charge in [-0.15, -0.1) is 0 Å². The van der Waals surface area contributed by atoms with Crippen LogP contribution in [-0.4, -0.2) is 17.9 Å². The fourth-order valence-corrected chi connectivity index (χ4v) is 2.95. The molecule has 4 rings (SSSR count). The van der Waals surface area contributed by atoms with Crippen molar-refractivity contribution in [2.24, 2.45) is 0 Å². The maximum absolute atomic E-state index is 12.5. The zero-order valence-corrected chi connectivity index (χ0v) is 12.7. The fraction of sp³-hybridized carbons (Fsp3) is 0.158. The zero-order valence-electron chi connectivity index (χ0n) is 12.7. The Kier molecular flexibility index (Phi) is 3.13. The van der Waals surface area contributed by atoms with Crippen molar-refractivity contribution in [2.75, 3.05) is 7.11 Å². The molecule has 0 amide bonds. The van der Waals surface area contributed by atoms with Crippen molar-refractivity contribution in [2.45, 2.75) is 12.2 Å². The van der Waals surface area contributed by atoms with Crippen molar-refractivity contribution in [3.8, 4) is 5.75 Å². The van der Waals surface area contributed by atoms with Crippen molar-refractivity contribution in [1.82, 2.24) is 4.98 Å². The minimum atomic E-state index is -1.19. The predicted octanol–water partition coefficient (Wildman–Crippen LogP) is 3.70. The highest BCUT2D eigenvalue weighted by Crippen LogP contribution is 2.39. The van der Waals surface area contributed by atoms with Crippen molar-refractivity contribution in [3.05, 3.63) is 71.9 Å². The molecule has 0 bridgehead atoms. The lowest BCUT2D eigenvalue weighted by molar-refractivity contribution is -0.176. The van der Waals surface area contributed by atoms with E-state index >= 15 is 0 Å². The molecule has 0 fully saturated rings. The molecule has 0 radical (unpaired) electrons. The van der Waals surface area contributed by atoms with Crippen LogP contribution in [0, 0.1) is 0 Å². The van der Waals surface area contributed by atoms with E-state index in [1.807, 2.05) is 48.5 Å². The molecule has 1 aliphatic rings. The first-order valence-electron chi connectivity index (χ1n) is 7.44. The first kappa shape index (κ1) is 13.9. The number of ketones is 1. The van der Waals surface area contributed by atoms with Gasteiger partial charge < -0.3 is 9.47 Å². The number of methoxy groups -OCH3 is 1. The summed E-state index contributed by atoms with van der Waals surface area (Å²) in [6, 6.07) is 18.9. The number of Topliss-reactive ketones (excluding diaryl/α,β-unsaturated/α-hetero) is 1. The van der Waals surface area contributed by atoms with E-state index in [1.165, 1.54) is 7.11 Å². The second kappa shape index (κ2) is 5.18. The van der Waals surface area contributed by atoms with Gasteiger partial charge in [0.1, 0.15) is 11.4 Å². The molecule has 1 atom stereocenters. The van der Waals surface area contributed by atoms with Gasteiger partial charge in [0.05, 0.1) is 17.5 Å². The van der Waals surface area contributed by atoms with E-state index < -0.39 is 5.79 Å². The monoisotopic (exact) mass is 305 g/mol. The Hall–Kier alpha value is -2.72. The third-order valence-corrected chi connectivity index (χ3v) is 4.17. The Morgan fingerprint density at radius 1 is 1.04 bits per heavy atom. The van der Waals surface area contributed by atoms with Crippen LogP contribution >= 0.6 is 0 Å². The number of rotatable bonds is 2. The number of fused-ring (bicyclic) bond motifs is 2. The molecule has 4 nitrogen and oxygen atoms in total. The number of para-hydroxylation sites is 2. The molecule has 0 N–H and O–H groups in total. The van der Waals surface area contributed by atoms with Crippen molar-refractivity contribution < 1.29 is 14.3 Å². The van der Waals surface area contributed by atoms with Crippen LogP contribution in [0.15, 0.2) is 60.7 Å². The molecule has 1 unspecified atom stereocenters. The number of carbonyl (C=O) groups is 1. The maximum atomic E-state index is 12.5. The lowest BCUT2D eigenvalue weighted by atomic mass is 9.95. The van der Waals surface area contributed by atoms with E-state index in [1.54, 1.807) is 12.1 Å². The Morgan fingerprint density at radius 3 is 2.70 bits per heavy atom. The fourth-order valence-electron chi connectivity index (χ4n) is 2.95. The van der Waals surface area contributed by atoms with Gasteiger partial charge in [-0.25, -0.2) is 4.98 Å². The number of benzene rings is 2. The first-order chi connectivity index (χ1) is 11.2. The summed E-state index contributed by atoms with van der Waals surface area (Å²) in [6.45, 7) is 0. The number of aromatic nitrogens is 1. The molecule has 4 heteroatoms. The van der Waals surface area contributed by atoms with Crippen LogP contribution in [0.4, 0.5) is 0 Å². The Balaban J connectivity index is 1.85. The molecule has 2 aromatic carbocycles. The second-order valence-corrected chi connectivity index (χ2v) is 5.54. The molecule has 2 heterocycles. The predicted molar refractivity (Wildman–Crippen MR) is 86.4 cm³/mol. The number of hydrogen-bond donors (Lipinski definition) is 0. The second-order valence-electron chi connectivity index (χ2n) is 5.54. The minimum absolute atomic E-state index is 0.0105. The molecule has 114 valence electrons. The number of hydrogen-bond acceptors (Lipinski definition) is 4. The van der Waals surface area contributed by atoms with Gasteiger partial charge in [-0.3, -0.25) is 4.79 Å². The normalized spacial score (nSPS) is 20.1. The Bertz CT molecular complexity index is 906. The molecule has 1 aliphatic heterocycles. The van der Waals surface area contributed by atoms with Gasteiger partial charge in [0.25, 0.3) is 5.79 Å². The zero-order chi connectivity index (χ0) is 15.9.